The van der Waals surface area contributed by atoms with Gasteiger partial charge in [-0.15, -0.1) is 5.10 Å². The predicted octanol–water partition coefficient (Wildman–Crippen LogP) is 0.961. The molecule has 17 heavy (non-hydrogen) atoms. The lowest BCUT2D eigenvalue weighted by atomic mass is 10.4. The molecule has 0 aromatic carbocycles. The second kappa shape index (κ2) is 7.01. The summed E-state index contributed by atoms with van der Waals surface area (Å²) in [4.78, 5) is 15.5. The van der Waals surface area contributed by atoms with Crippen LogP contribution in [0.5, 0.6) is 0 Å². The fraction of sp³-hybridized carbons (Fsp3) is 0.727. The van der Waals surface area contributed by atoms with Crippen LogP contribution in [0.3, 0.4) is 0 Å². The topological polar surface area (TPSA) is 66.2 Å². The Morgan fingerprint density at radius 1 is 1.35 bits per heavy atom. The fourth-order valence-electron chi connectivity index (χ4n) is 1.33. The van der Waals surface area contributed by atoms with E-state index in [0.29, 0.717) is 19.6 Å². The molecule has 0 fully saturated rings. The fourth-order valence-corrected chi connectivity index (χ4v) is 1.33. The Balaban J connectivity index is 2.53. The van der Waals surface area contributed by atoms with Crippen LogP contribution in [0.4, 0.5) is 0 Å². The Labute approximate surface area is 101 Å². The predicted molar refractivity (Wildman–Crippen MR) is 61.8 cm³/mol. The van der Waals surface area contributed by atoms with Crippen LogP contribution in [-0.2, 0) is 22.9 Å². The van der Waals surface area contributed by atoms with Crippen LogP contribution in [0.15, 0.2) is 0 Å². The summed E-state index contributed by atoms with van der Waals surface area (Å²) in [5, 5.41) is 4.00. The van der Waals surface area contributed by atoms with Gasteiger partial charge in [0, 0.05) is 20.1 Å². The molecule has 0 aliphatic heterocycles. The van der Waals surface area contributed by atoms with Gasteiger partial charge in [-0.1, -0.05) is 6.92 Å². The molecule has 0 amide bonds. The average Bonchev–Trinajstić information content (AvgIpc) is 2.67. The molecule has 6 heteroatoms. The average molecular weight is 241 g/mol. The molecular weight excluding hydrogens is 222 g/mol. The molecular formula is C11H19N3O3. The summed E-state index contributed by atoms with van der Waals surface area (Å²) in [5.41, 5.74) is 0. The molecule has 0 bridgehead atoms. The summed E-state index contributed by atoms with van der Waals surface area (Å²) < 4.78 is 11.8. The molecule has 1 aromatic rings. The molecule has 0 aliphatic carbocycles. The Bertz CT molecular complexity index is 363. The van der Waals surface area contributed by atoms with Gasteiger partial charge in [-0.05, 0) is 13.3 Å². The minimum absolute atomic E-state index is 0.111. The molecule has 6 nitrogen and oxygen atoms in total. The van der Waals surface area contributed by atoms with E-state index in [9.17, 15) is 4.79 Å². The maximum Gasteiger partial charge on any atom is 0.378 e. The van der Waals surface area contributed by atoms with E-state index in [2.05, 4.69) is 17.0 Å². The lowest BCUT2D eigenvalue weighted by Crippen LogP contribution is -2.07. The highest BCUT2D eigenvalue weighted by Crippen LogP contribution is 2.00. The minimum Gasteiger partial charge on any atom is -0.460 e. The third-order valence-electron chi connectivity index (χ3n) is 2.13. The molecule has 0 aliphatic rings. The van der Waals surface area contributed by atoms with Crippen LogP contribution in [0, 0.1) is 0 Å². The van der Waals surface area contributed by atoms with Crippen LogP contribution in [0.1, 0.15) is 36.7 Å². The maximum atomic E-state index is 11.4. The minimum atomic E-state index is -0.483. The molecule has 0 atom stereocenters. The number of nitrogens with zero attached hydrogens (tertiary/aromatic N) is 3. The molecule has 96 valence electrons. The van der Waals surface area contributed by atoms with Crippen molar-refractivity contribution in [3.05, 3.63) is 11.6 Å². The number of ether oxygens (including phenoxy) is 2. The summed E-state index contributed by atoms with van der Waals surface area (Å²) in [6, 6.07) is 0. The highest BCUT2D eigenvalue weighted by atomic mass is 16.5. The van der Waals surface area contributed by atoms with E-state index in [-0.39, 0.29) is 5.82 Å². The van der Waals surface area contributed by atoms with Gasteiger partial charge in [0.1, 0.15) is 5.82 Å². The summed E-state index contributed by atoms with van der Waals surface area (Å²) >= 11 is 0. The highest BCUT2D eigenvalue weighted by molar-refractivity contribution is 5.84. The first kappa shape index (κ1) is 13.6. The van der Waals surface area contributed by atoms with Crippen molar-refractivity contribution in [3.63, 3.8) is 0 Å². The largest absolute Gasteiger partial charge is 0.460 e. The molecule has 0 saturated heterocycles. The van der Waals surface area contributed by atoms with E-state index < -0.39 is 5.97 Å². The zero-order valence-corrected chi connectivity index (χ0v) is 10.6. The number of carbonyl (C=O) groups excluding carboxylic acids is 1. The van der Waals surface area contributed by atoms with Gasteiger partial charge in [-0.2, -0.15) is 0 Å². The molecule has 0 saturated carbocycles. The Kier molecular flexibility index (Phi) is 5.62. The van der Waals surface area contributed by atoms with Crippen LogP contribution in [-0.4, -0.2) is 40.6 Å². The first-order chi connectivity index (χ1) is 8.19. The number of aryl methyl sites for hydroxylation is 1. The van der Waals surface area contributed by atoms with Crippen molar-refractivity contribution in [3.8, 4) is 0 Å². The first-order valence-electron chi connectivity index (χ1n) is 5.83. The van der Waals surface area contributed by atoms with E-state index in [1.54, 1.807) is 18.7 Å². The summed E-state index contributed by atoms with van der Waals surface area (Å²) in [6.45, 7) is 5.46. The van der Waals surface area contributed by atoms with Gasteiger partial charge in [0.2, 0.25) is 0 Å². The highest BCUT2D eigenvalue weighted by Gasteiger charge is 2.15. The summed E-state index contributed by atoms with van der Waals surface area (Å²) in [5.74, 6) is 0.354. The van der Waals surface area contributed by atoms with Crippen molar-refractivity contribution >= 4 is 5.97 Å². The van der Waals surface area contributed by atoms with Gasteiger partial charge in [-0.25, -0.2) is 9.78 Å². The second-order valence-corrected chi connectivity index (χ2v) is 3.56. The van der Waals surface area contributed by atoms with Crippen LogP contribution in [0.2, 0.25) is 0 Å². The smallest absolute Gasteiger partial charge is 0.378 e. The molecule has 1 heterocycles. The molecule has 0 spiro atoms. The van der Waals surface area contributed by atoms with Gasteiger partial charge < -0.3 is 9.47 Å². The van der Waals surface area contributed by atoms with E-state index in [1.807, 2.05) is 0 Å². The van der Waals surface area contributed by atoms with Gasteiger partial charge in [0.15, 0.2) is 0 Å². The van der Waals surface area contributed by atoms with Crippen LogP contribution >= 0.6 is 0 Å². The van der Waals surface area contributed by atoms with E-state index in [1.165, 1.54) is 0 Å². The SMILES string of the molecule is CCCOCCc1nc(C(=O)OCC)nn1C. The van der Waals surface area contributed by atoms with Crippen molar-refractivity contribution in [2.45, 2.75) is 26.7 Å². The summed E-state index contributed by atoms with van der Waals surface area (Å²) in [7, 11) is 1.75. The van der Waals surface area contributed by atoms with Gasteiger partial charge in [0.25, 0.3) is 5.82 Å². The molecule has 1 rings (SSSR count). The molecule has 0 N–H and O–H groups in total. The lowest BCUT2D eigenvalue weighted by Gasteiger charge is -2.01. The van der Waals surface area contributed by atoms with Crippen molar-refractivity contribution in [2.24, 2.45) is 7.05 Å². The number of hydrogen-bond donors (Lipinski definition) is 0. The standard InChI is InChI=1S/C11H19N3O3/c1-4-7-16-8-6-9-12-10(13-14(9)3)11(15)17-5-2/h4-8H2,1-3H3. The van der Waals surface area contributed by atoms with Crippen LogP contribution < -0.4 is 0 Å². The monoisotopic (exact) mass is 241 g/mol. The quantitative estimate of drug-likeness (QED) is 0.525. The van der Waals surface area contributed by atoms with E-state index >= 15 is 0 Å². The van der Waals surface area contributed by atoms with Crippen molar-refractivity contribution < 1.29 is 14.3 Å². The lowest BCUT2D eigenvalue weighted by molar-refractivity contribution is 0.0511. The molecule has 1 aromatic heterocycles. The normalized spacial score (nSPS) is 10.5. The zero-order valence-electron chi connectivity index (χ0n) is 10.6. The third-order valence-corrected chi connectivity index (χ3v) is 2.13. The molecule has 0 unspecified atom stereocenters. The summed E-state index contributed by atoms with van der Waals surface area (Å²) in [6.07, 6.45) is 1.63. The van der Waals surface area contributed by atoms with Gasteiger partial charge >= 0.3 is 5.97 Å². The Hall–Kier alpha value is -1.43. The van der Waals surface area contributed by atoms with Gasteiger partial charge in [0.05, 0.1) is 13.2 Å². The number of carbonyl (C=O) groups is 1. The van der Waals surface area contributed by atoms with Crippen molar-refractivity contribution in [1.82, 2.24) is 14.8 Å². The number of esters is 1. The number of aromatic nitrogens is 3. The van der Waals surface area contributed by atoms with Crippen molar-refractivity contribution in [2.75, 3.05) is 19.8 Å². The Morgan fingerprint density at radius 3 is 2.76 bits per heavy atom. The maximum absolute atomic E-state index is 11.4. The van der Waals surface area contributed by atoms with E-state index in [0.717, 1.165) is 18.9 Å². The van der Waals surface area contributed by atoms with Gasteiger partial charge in [-0.3, -0.25) is 4.68 Å². The second-order valence-electron chi connectivity index (χ2n) is 3.56. The van der Waals surface area contributed by atoms with Crippen LogP contribution in [0.25, 0.3) is 0 Å². The van der Waals surface area contributed by atoms with E-state index in [4.69, 9.17) is 9.47 Å². The number of hydrogen-bond acceptors (Lipinski definition) is 5. The first-order valence-corrected chi connectivity index (χ1v) is 5.83. The third kappa shape index (κ3) is 4.14. The Morgan fingerprint density at radius 2 is 2.12 bits per heavy atom. The van der Waals surface area contributed by atoms with Crippen molar-refractivity contribution in [1.29, 1.82) is 0 Å². The molecule has 0 radical (unpaired) electrons. The zero-order chi connectivity index (χ0) is 12.7. The number of rotatable bonds is 7.